The molecule has 0 fully saturated rings. The highest BCUT2D eigenvalue weighted by Crippen LogP contribution is 2.10. The maximum absolute atomic E-state index is 5.77. The maximum atomic E-state index is 5.77. The van der Waals surface area contributed by atoms with Crippen molar-refractivity contribution < 1.29 is 0 Å². The van der Waals surface area contributed by atoms with Gasteiger partial charge in [0.15, 0.2) is 0 Å². The Morgan fingerprint density at radius 1 is 1.36 bits per heavy atom. The van der Waals surface area contributed by atoms with E-state index in [0.29, 0.717) is 6.42 Å². The van der Waals surface area contributed by atoms with E-state index >= 15 is 0 Å². The van der Waals surface area contributed by atoms with E-state index in [0.717, 1.165) is 12.8 Å². The lowest BCUT2D eigenvalue weighted by atomic mass is 10.0. The normalized spacial score (nSPS) is 11.5. The molecule has 0 aromatic heterocycles. The van der Waals surface area contributed by atoms with Gasteiger partial charge in [0.05, 0.1) is 5.66 Å². The van der Waals surface area contributed by atoms with Gasteiger partial charge in [-0.15, -0.1) is 6.58 Å². The lowest BCUT2D eigenvalue weighted by molar-refractivity contribution is 0.394. The van der Waals surface area contributed by atoms with Gasteiger partial charge in [-0.3, -0.25) is 0 Å². The summed E-state index contributed by atoms with van der Waals surface area (Å²) in [6.45, 7) is 5.78. The summed E-state index contributed by atoms with van der Waals surface area (Å²) >= 11 is 0. The Labute approximate surface area is 69.6 Å². The van der Waals surface area contributed by atoms with Crippen LogP contribution in [-0.4, -0.2) is 5.66 Å². The standard InChI is InChI=1S/C9H20N2/c1-3-5-6-8-9(10,11)7-4-2/h4H,2-3,5-8,10-11H2,1H3. The first-order valence-corrected chi connectivity index (χ1v) is 4.31. The van der Waals surface area contributed by atoms with Crippen molar-refractivity contribution in [3.63, 3.8) is 0 Å². The highest BCUT2D eigenvalue weighted by Gasteiger charge is 2.15. The zero-order valence-corrected chi connectivity index (χ0v) is 7.47. The maximum Gasteiger partial charge on any atom is 0.0671 e. The van der Waals surface area contributed by atoms with Crippen LogP contribution in [0, 0.1) is 0 Å². The van der Waals surface area contributed by atoms with Gasteiger partial charge in [-0.25, -0.2) is 0 Å². The summed E-state index contributed by atoms with van der Waals surface area (Å²) in [5.74, 6) is 0. The van der Waals surface area contributed by atoms with Crippen molar-refractivity contribution in [2.24, 2.45) is 11.5 Å². The van der Waals surface area contributed by atoms with Gasteiger partial charge in [0.2, 0.25) is 0 Å². The molecule has 0 aromatic rings. The van der Waals surface area contributed by atoms with Crippen molar-refractivity contribution in [1.82, 2.24) is 0 Å². The molecule has 11 heavy (non-hydrogen) atoms. The minimum atomic E-state index is -0.517. The largest absolute Gasteiger partial charge is 0.313 e. The Balaban J connectivity index is 3.45. The fourth-order valence-corrected chi connectivity index (χ4v) is 1.07. The topological polar surface area (TPSA) is 52.0 Å². The fourth-order valence-electron chi connectivity index (χ4n) is 1.07. The molecule has 0 rings (SSSR count). The van der Waals surface area contributed by atoms with Crippen LogP contribution in [0.2, 0.25) is 0 Å². The number of hydrogen-bond donors (Lipinski definition) is 2. The summed E-state index contributed by atoms with van der Waals surface area (Å²) in [7, 11) is 0. The molecule has 0 aliphatic rings. The summed E-state index contributed by atoms with van der Waals surface area (Å²) in [5.41, 5.74) is 11.0. The summed E-state index contributed by atoms with van der Waals surface area (Å²) in [4.78, 5) is 0. The first kappa shape index (κ1) is 10.7. The minimum absolute atomic E-state index is 0.517. The van der Waals surface area contributed by atoms with Crippen molar-refractivity contribution >= 4 is 0 Å². The van der Waals surface area contributed by atoms with E-state index in [1.807, 2.05) is 0 Å². The molecule has 0 aromatic carbocycles. The Hall–Kier alpha value is -0.340. The van der Waals surface area contributed by atoms with Crippen LogP contribution in [-0.2, 0) is 0 Å². The third-order valence-corrected chi connectivity index (χ3v) is 1.77. The highest BCUT2D eigenvalue weighted by atomic mass is 14.9. The molecule has 0 saturated carbocycles. The number of nitrogens with two attached hydrogens (primary N) is 2. The average Bonchev–Trinajstić information content (AvgIpc) is 1.87. The lowest BCUT2D eigenvalue weighted by Gasteiger charge is -2.22. The summed E-state index contributed by atoms with van der Waals surface area (Å²) in [6.07, 6.45) is 6.93. The number of rotatable bonds is 6. The highest BCUT2D eigenvalue weighted by molar-refractivity contribution is 4.85. The molecule has 4 N–H and O–H groups in total. The van der Waals surface area contributed by atoms with E-state index in [2.05, 4.69) is 13.5 Å². The first-order chi connectivity index (χ1) is 5.12. The molecule has 0 amide bonds. The van der Waals surface area contributed by atoms with Gasteiger partial charge in [-0.1, -0.05) is 32.3 Å². The molecule has 0 saturated heterocycles. The molecule has 0 unspecified atom stereocenters. The van der Waals surface area contributed by atoms with Gasteiger partial charge in [0.25, 0.3) is 0 Å². The van der Waals surface area contributed by atoms with Crippen LogP contribution in [0.15, 0.2) is 12.7 Å². The van der Waals surface area contributed by atoms with Crippen LogP contribution < -0.4 is 11.5 Å². The quantitative estimate of drug-likeness (QED) is 0.350. The molecule has 2 nitrogen and oxygen atoms in total. The Kier molecular flexibility index (Phi) is 5.16. The molecule has 2 heteroatoms. The smallest absolute Gasteiger partial charge is 0.0671 e. The van der Waals surface area contributed by atoms with Crippen LogP contribution in [0.25, 0.3) is 0 Å². The Morgan fingerprint density at radius 3 is 2.45 bits per heavy atom. The van der Waals surface area contributed by atoms with Crippen LogP contribution in [0.4, 0.5) is 0 Å². The molecular weight excluding hydrogens is 136 g/mol. The third kappa shape index (κ3) is 6.07. The summed E-state index contributed by atoms with van der Waals surface area (Å²) in [5, 5.41) is 0. The Bertz CT molecular complexity index is 108. The Morgan fingerprint density at radius 2 is 2.00 bits per heavy atom. The third-order valence-electron chi connectivity index (χ3n) is 1.77. The van der Waals surface area contributed by atoms with Crippen molar-refractivity contribution in [2.45, 2.75) is 44.7 Å². The molecule has 0 atom stereocenters. The van der Waals surface area contributed by atoms with E-state index in [1.165, 1.54) is 12.8 Å². The minimum Gasteiger partial charge on any atom is -0.313 e. The van der Waals surface area contributed by atoms with Crippen molar-refractivity contribution in [1.29, 1.82) is 0 Å². The predicted octanol–water partition coefficient (Wildman–Crippen LogP) is 1.76. The SMILES string of the molecule is C=CCC(N)(N)CCCCC. The molecule has 0 heterocycles. The van der Waals surface area contributed by atoms with Gasteiger partial charge in [-0.05, 0) is 12.8 Å². The van der Waals surface area contributed by atoms with E-state index in [4.69, 9.17) is 11.5 Å². The van der Waals surface area contributed by atoms with Crippen LogP contribution in [0.1, 0.15) is 39.0 Å². The second kappa shape index (κ2) is 5.33. The monoisotopic (exact) mass is 156 g/mol. The molecule has 66 valence electrons. The molecule has 0 aliphatic carbocycles. The number of hydrogen-bond acceptors (Lipinski definition) is 2. The van der Waals surface area contributed by atoms with Crippen molar-refractivity contribution in [3.05, 3.63) is 12.7 Å². The molecule has 0 bridgehead atoms. The molecule has 0 spiro atoms. The van der Waals surface area contributed by atoms with Gasteiger partial charge in [-0.2, -0.15) is 0 Å². The van der Waals surface area contributed by atoms with Crippen LogP contribution in [0.5, 0.6) is 0 Å². The second-order valence-corrected chi connectivity index (χ2v) is 3.18. The van der Waals surface area contributed by atoms with Gasteiger partial charge in [0.1, 0.15) is 0 Å². The van der Waals surface area contributed by atoms with Crippen LogP contribution in [0.3, 0.4) is 0 Å². The first-order valence-electron chi connectivity index (χ1n) is 4.31. The summed E-state index contributed by atoms with van der Waals surface area (Å²) in [6, 6.07) is 0. The van der Waals surface area contributed by atoms with Gasteiger partial charge >= 0.3 is 0 Å². The van der Waals surface area contributed by atoms with Crippen LogP contribution >= 0.6 is 0 Å². The lowest BCUT2D eigenvalue weighted by Crippen LogP contribution is -2.48. The second-order valence-electron chi connectivity index (χ2n) is 3.18. The van der Waals surface area contributed by atoms with Gasteiger partial charge < -0.3 is 11.5 Å². The molecular formula is C9H20N2. The van der Waals surface area contributed by atoms with Crippen molar-refractivity contribution in [2.75, 3.05) is 0 Å². The van der Waals surface area contributed by atoms with E-state index in [9.17, 15) is 0 Å². The van der Waals surface area contributed by atoms with E-state index < -0.39 is 5.66 Å². The van der Waals surface area contributed by atoms with E-state index in [-0.39, 0.29) is 0 Å². The zero-order valence-electron chi connectivity index (χ0n) is 7.47. The predicted molar refractivity (Wildman–Crippen MR) is 50.1 cm³/mol. The fraction of sp³-hybridized carbons (Fsp3) is 0.778. The number of unbranched alkanes of at least 4 members (excludes halogenated alkanes) is 2. The molecule has 0 aliphatic heterocycles. The van der Waals surface area contributed by atoms with E-state index in [1.54, 1.807) is 6.08 Å². The van der Waals surface area contributed by atoms with Gasteiger partial charge in [0, 0.05) is 0 Å². The summed E-state index contributed by atoms with van der Waals surface area (Å²) < 4.78 is 0. The average molecular weight is 156 g/mol. The zero-order chi connectivity index (χ0) is 8.74. The molecule has 0 radical (unpaired) electrons. The van der Waals surface area contributed by atoms with Crippen molar-refractivity contribution in [3.8, 4) is 0 Å².